The molecule has 7 heteroatoms. The predicted octanol–water partition coefficient (Wildman–Crippen LogP) is 6.37. The van der Waals surface area contributed by atoms with E-state index >= 15 is 0 Å². The van der Waals surface area contributed by atoms with E-state index in [4.69, 9.17) is 26.1 Å². The lowest BCUT2D eigenvalue weighted by atomic mass is 9.92. The molecule has 0 amide bonds. The fourth-order valence-corrected chi connectivity index (χ4v) is 4.66. The summed E-state index contributed by atoms with van der Waals surface area (Å²) in [6.45, 7) is 8.91. The quantitative estimate of drug-likeness (QED) is 0.319. The molecule has 35 heavy (non-hydrogen) atoms. The third-order valence-electron chi connectivity index (χ3n) is 6.63. The average Bonchev–Trinajstić information content (AvgIpc) is 3.56. The molecule has 0 fully saturated rings. The summed E-state index contributed by atoms with van der Waals surface area (Å²) >= 11 is 5.79. The van der Waals surface area contributed by atoms with Crippen molar-refractivity contribution in [3.05, 3.63) is 100 Å². The van der Waals surface area contributed by atoms with Gasteiger partial charge in [0.15, 0.2) is 5.11 Å². The van der Waals surface area contributed by atoms with Crippen LogP contribution in [0.1, 0.15) is 53.8 Å². The summed E-state index contributed by atoms with van der Waals surface area (Å²) in [5.41, 5.74) is 7.59. The van der Waals surface area contributed by atoms with Gasteiger partial charge in [0.2, 0.25) is 5.82 Å². The Labute approximate surface area is 210 Å². The Balaban J connectivity index is 1.59. The van der Waals surface area contributed by atoms with E-state index in [2.05, 4.69) is 61.6 Å². The molecule has 0 saturated carbocycles. The molecule has 4 aromatic rings. The van der Waals surface area contributed by atoms with Crippen LogP contribution in [0.3, 0.4) is 0 Å². The standard InChI is InChI=1S/C28H28N4O2S/c1-5-20-9-12-21(13-10-20)26-30-27(34-31-26)24-19(4)32(16-23-7-6-14-33-23)28(35)29-25(24)22-11-8-17(2)18(3)15-22/h6-15,25H,5,16H2,1-4H3,(H,29,35). The SMILES string of the molecule is CCc1ccc(-c2noc(C3=C(C)N(Cc4ccco4)C(=S)NC3c3ccc(C)c(C)c3)n2)cc1. The van der Waals surface area contributed by atoms with Gasteiger partial charge in [0.05, 0.1) is 24.4 Å². The Morgan fingerprint density at radius 2 is 1.83 bits per heavy atom. The second-order valence-corrected chi connectivity index (χ2v) is 9.25. The van der Waals surface area contributed by atoms with E-state index in [1.165, 1.54) is 16.7 Å². The van der Waals surface area contributed by atoms with Crippen molar-refractivity contribution in [2.75, 3.05) is 0 Å². The highest BCUT2D eigenvalue weighted by molar-refractivity contribution is 7.80. The number of hydrogen-bond acceptors (Lipinski definition) is 5. The van der Waals surface area contributed by atoms with Crippen molar-refractivity contribution >= 4 is 22.9 Å². The molecule has 0 saturated heterocycles. The van der Waals surface area contributed by atoms with E-state index in [-0.39, 0.29) is 6.04 Å². The average molecular weight is 485 g/mol. The summed E-state index contributed by atoms with van der Waals surface area (Å²) in [5, 5.41) is 8.45. The second kappa shape index (κ2) is 9.50. The van der Waals surface area contributed by atoms with Gasteiger partial charge in [-0.2, -0.15) is 4.98 Å². The number of rotatable bonds is 6. The number of furan rings is 1. The van der Waals surface area contributed by atoms with Crippen LogP contribution in [0.5, 0.6) is 0 Å². The van der Waals surface area contributed by atoms with Crippen molar-refractivity contribution in [3.63, 3.8) is 0 Å². The lowest BCUT2D eigenvalue weighted by Gasteiger charge is -2.37. The first-order valence-electron chi connectivity index (χ1n) is 11.8. The predicted molar refractivity (Wildman–Crippen MR) is 140 cm³/mol. The molecule has 1 unspecified atom stereocenters. The van der Waals surface area contributed by atoms with E-state index in [1.54, 1.807) is 6.26 Å². The normalized spacial score (nSPS) is 16.1. The van der Waals surface area contributed by atoms with Gasteiger partial charge < -0.3 is 19.2 Å². The fourth-order valence-electron chi connectivity index (χ4n) is 4.34. The molecular formula is C28H28N4O2S. The minimum absolute atomic E-state index is 0.217. The third kappa shape index (κ3) is 4.51. The molecule has 0 bridgehead atoms. The number of hydrogen-bond donors (Lipinski definition) is 1. The van der Waals surface area contributed by atoms with Crippen LogP contribution in [-0.4, -0.2) is 20.2 Å². The summed E-state index contributed by atoms with van der Waals surface area (Å²) in [4.78, 5) is 6.83. The number of aryl methyl sites for hydroxylation is 3. The van der Waals surface area contributed by atoms with E-state index in [0.29, 0.717) is 23.4 Å². The summed E-state index contributed by atoms with van der Waals surface area (Å²) in [5.74, 6) is 1.85. The van der Waals surface area contributed by atoms with Crippen molar-refractivity contribution in [1.29, 1.82) is 0 Å². The van der Waals surface area contributed by atoms with E-state index in [9.17, 15) is 0 Å². The van der Waals surface area contributed by atoms with Gasteiger partial charge in [0, 0.05) is 11.3 Å². The van der Waals surface area contributed by atoms with Crippen LogP contribution >= 0.6 is 12.2 Å². The highest BCUT2D eigenvalue weighted by Crippen LogP contribution is 2.38. The zero-order valence-electron chi connectivity index (χ0n) is 20.3. The molecule has 3 heterocycles. The van der Waals surface area contributed by atoms with Crippen LogP contribution in [-0.2, 0) is 13.0 Å². The van der Waals surface area contributed by atoms with Gasteiger partial charge in [0.25, 0.3) is 5.89 Å². The zero-order valence-corrected chi connectivity index (χ0v) is 21.1. The number of aromatic nitrogens is 2. The van der Waals surface area contributed by atoms with Gasteiger partial charge in [-0.1, -0.05) is 54.5 Å². The molecule has 1 aliphatic heterocycles. The number of thiocarbonyl (C=S) groups is 1. The molecule has 0 radical (unpaired) electrons. The van der Waals surface area contributed by atoms with Crippen LogP contribution < -0.4 is 5.32 Å². The lowest BCUT2D eigenvalue weighted by Crippen LogP contribution is -2.45. The largest absolute Gasteiger partial charge is 0.467 e. The molecular weight excluding hydrogens is 456 g/mol. The third-order valence-corrected chi connectivity index (χ3v) is 6.97. The Bertz CT molecular complexity index is 1390. The smallest absolute Gasteiger partial charge is 0.258 e. The van der Waals surface area contributed by atoms with Crippen LogP contribution in [0, 0.1) is 13.8 Å². The van der Waals surface area contributed by atoms with Gasteiger partial charge in [-0.15, -0.1) is 0 Å². The number of nitrogens with zero attached hydrogens (tertiary/aromatic N) is 3. The van der Waals surface area contributed by atoms with Gasteiger partial charge in [-0.25, -0.2) is 0 Å². The number of nitrogens with one attached hydrogen (secondary N) is 1. The zero-order chi connectivity index (χ0) is 24.5. The van der Waals surface area contributed by atoms with Gasteiger partial charge in [-0.3, -0.25) is 0 Å². The van der Waals surface area contributed by atoms with Crippen molar-refractivity contribution in [2.45, 2.75) is 46.7 Å². The van der Waals surface area contributed by atoms with Crippen LogP contribution in [0.25, 0.3) is 17.0 Å². The summed E-state index contributed by atoms with van der Waals surface area (Å²) in [6.07, 6.45) is 2.65. The molecule has 0 spiro atoms. The Morgan fingerprint density at radius 3 is 2.51 bits per heavy atom. The number of allylic oxidation sites excluding steroid dienone is 1. The van der Waals surface area contributed by atoms with Crippen LogP contribution in [0.4, 0.5) is 0 Å². The molecule has 2 aromatic heterocycles. The summed E-state index contributed by atoms with van der Waals surface area (Å²) in [6, 6.07) is 18.3. The summed E-state index contributed by atoms with van der Waals surface area (Å²) in [7, 11) is 0. The Kier molecular flexibility index (Phi) is 6.26. The van der Waals surface area contributed by atoms with E-state index in [0.717, 1.165) is 34.6 Å². The first-order valence-corrected chi connectivity index (χ1v) is 12.2. The molecule has 0 aliphatic carbocycles. The number of benzene rings is 2. The van der Waals surface area contributed by atoms with Gasteiger partial charge in [-0.05, 0) is 73.8 Å². The Hall–Kier alpha value is -3.71. The topological polar surface area (TPSA) is 67.3 Å². The highest BCUT2D eigenvalue weighted by atomic mass is 32.1. The van der Waals surface area contributed by atoms with Crippen molar-refractivity contribution in [1.82, 2.24) is 20.4 Å². The van der Waals surface area contributed by atoms with Crippen molar-refractivity contribution in [3.8, 4) is 11.4 Å². The maximum absolute atomic E-state index is 5.86. The minimum Gasteiger partial charge on any atom is -0.467 e. The summed E-state index contributed by atoms with van der Waals surface area (Å²) < 4.78 is 11.4. The first-order chi connectivity index (χ1) is 16.9. The van der Waals surface area contributed by atoms with E-state index < -0.39 is 0 Å². The van der Waals surface area contributed by atoms with E-state index in [1.807, 2.05) is 36.1 Å². The molecule has 1 atom stereocenters. The maximum atomic E-state index is 5.86. The molecule has 2 aromatic carbocycles. The Morgan fingerprint density at radius 1 is 1.03 bits per heavy atom. The molecule has 5 rings (SSSR count). The van der Waals surface area contributed by atoms with Crippen LogP contribution in [0.15, 0.2) is 75.5 Å². The molecule has 6 nitrogen and oxygen atoms in total. The van der Waals surface area contributed by atoms with Crippen LogP contribution in [0.2, 0.25) is 0 Å². The second-order valence-electron chi connectivity index (χ2n) is 8.86. The molecule has 178 valence electrons. The molecule has 1 N–H and O–H groups in total. The maximum Gasteiger partial charge on any atom is 0.258 e. The minimum atomic E-state index is -0.217. The molecule has 1 aliphatic rings. The fraction of sp³-hybridized carbons (Fsp3) is 0.250. The highest BCUT2D eigenvalue weighted by Gasteiger charge is 2.34. The first kappa shape index (κ1) is 23.1. The van der Waals surface area contributed by atoms with Crippen molar-refractivity contribution in [2.24, 2.45) is 0 Å². The van der Waals surface area contributed by atoms with Gasteiger partial charge >= 0.3 is 0 Å². The van der Waals surface area contributed by atoms with Gasteiger partial charge in [0.1, 0.15) is 5.76 Å². The van der Waals surface area contributed by atoms with Crippen molar-refractivity contribution < 1.29 is 8.94 Å². The lowest BCUT2D eigenvalue weighted by molar-refractivity contribution is 0.382. The monoisotopic (exact) mass is 484 g/mol.